The number of carbonyl (C=O) groups is 11. The van der Waals surface area contributed by atoms with Gasteiger partial charge in [-0.3, -0.25) is 19.2 Å². The number of aliphatic carboxylic acids is 1. The molecule has 0 spiro atoms. The molecule has 1 saturated heterocycles. The van der Waals surface area contributed by atoms with Crippen LogP contribution in [-0.2, 0) is 96.8 Å². The van der Waals surface area contributed by atoms with E-state index in [4.69, 9.17) is 33.2 Å². The number of carboxylic acids is 1. The molecule has 7 rings (SSSR count). The minimum atomic E-state index is -1.32. The number of nitrogens with one attached hydrogen (secondary N) is 6. The van der Waals surface area contributed by atoms with Crippen LogP contribution in [0.5, 0.6) is 0 Å². The number of hydrogen-bond acceptors (Lipinski definition) is 18. The first-order valence-electron chi connectivity index (χ1n) is 38.7. The summed E-state index contributed by atoms with van der Waals surface area (Å²) in [4.78, 5) is 157. The van der Waals surface area contributed by atoms with Crippen LogP contribution in [0, 0.1) is 17.8 Å². The third-order valence-electron chi connectivity index (χ3n) is 18.6. The fourth-order valence-electron chi connectivity index (χ4n) is 12.5. The number of hydrogen-bond donors (Lipinski definition) is 7. The topological polar surface area (TPSA) is 358 Å². The molecular weight excluding hydrogens is 1450 g/mol. The van der Waals surface area contributed by atoms with Crippen LogP contribution in [0.2, 0.25) is 0 Å². The van der Waals surface area contributed by atoms with E-state index in [2.05, 4.69) is 31.9 Å². The van der Waals surface area contributed by atoms with Crippen molar-refractivity contribution >= 4 is 66.2 Å². The van der Waals surface area contributed by atoms with Crippen LogP contribution in [0.3, 0.4) is 0 Å². The third-order valence-corrected chi connectivity index (χ3v) is 18.6. The molecule has 7 N–H and O–H groups in total. The van der Waals surface area contributed by atoms with Crippen molar-refractivity contribution in [3.63, 3.8) is 0 Å². The average Bonchev–Trinajstić information content (AvgIpc) is 0.840. The van der Waals surface area contributed by atoms with Gasteiger partial charge in [0.05, 0.1) is 0 Å². The molecule has 0 aromatic heterocycles. The number of amides is 10. The molecule has 6 aromatic rings. The molecule has 0 atom stereocenters. The summed E-state index contributed by atoms with van der Waals surface area (Å²) in [5.74, 6) is -5.34. The monoisotopic (exact) mass is 1560 g/mol. The van der Waals surface area contributed by atoms with E-state index < -0.39 is 79.4 Å². The van der Waals surface area contributed by atoms with Crippen LogP contribution >= 0.6 is 0 Å². The fraction of sp³-hybridized carbons (Fsp3) is 0.440. The van der Waals surface area contributed by atoms with Crippen molar-refractivity contribution in [3.05, 3.63) is 215 Å². The Morgan fingerprint density at radius 3 is 0.646 bits per heavy atom. The maximum atomic E-state index is 15.8. The van der Waals surface area contributed by atoms with Crippen molar-refractivity contribution < 1.29 is 91.0 Å². The summed E-state index contributed by atoms with van der Waals surface area (Å²) in [6, 6.07) is 54.9. The molecule has 1 aliphatic rings. The predicted molar refractivity (Wildman–Crippen MR) is 418 cm³/mol. The van der Waals surface area contributed by atoms with Crippen LogP contribution in [0.4, 0.5) is 28.8 Å². The lowest BCUT2D eigenvalue weighted by Crippen LogP contribution is -2.53. The van der Waals surface area contributed by atoms with E-state index in [1.807, 2.05) is 182 Å². The smallest absolute Gasteiger partial charge is 0.407 e. The highest BCUT2D eigenvalue weighted by Crippen LogP contribution is 2.23. The Bertz CT molecular complexity index is 3470. The average molecular weight is 1560 g/mol. The highest BCUT2D eigenvalue weighted by Gasteiger charge is 2.33. The summed E-state index contributed by atoms with van der Waals surface area (Å²) in [5, 5.41) is 26.2. The first kappa shape index (κ1) is 88.5. The Labute approximate surface area is 660 Å². The minimum Gasteiger partial charge on any atom is -0.480 e. The molecule has 113 heavy (non-hydrogen) atoms. The number of nitrogens with zero attached hydrogens (tertiary/aromatic N) is 4. The van der Waals surface area contributed by atoms with Gasteiger partial charge in [0, 0.05) is 109 Å². The lowest BCUT2D eigenvalue weighted by atomic mass is 9.94. The molecule has 29 heteroatoms. The molecule has 608 valence electrons. The fourth-order valence-corrected chi connectivity index (χ4v) is 12.5. The zero-order chi connectivity index (χ0) is 80.3. The van der Waals surface area contributed by atoms with Crippen molar-refractivity contribution in [1.82, 2.24) is 51.5 Å². The molecule has 0 bridgehead atoms. The molecule has 0 saturated carbocycles. The lowest BCUT2D eigenvalue weighted by Gasteiger charge is -2.37. The first-order valence-corrected chi connectivity index (χ1v) is 38.7. The molecule has 1 heterocycles. The molecule has 29 nitrogen and oxygen atoms in total. The maximum Gasteiger partial charge on any atom is 0.407 e. The molecule has 1 fully saturated rings. The molecule has 0 aliphatic carbocycles. The summed E-state index contributed by atoms with van der Waals surface area (Å²) in [5.41, 5.74) is 4.71. The Hall–Kier alpha value is -11.8. The lowest BCUT2D eigenvalue weighted by molar-refractivity contribution is -0.148. The number of rotatable bonds is 43. The second-order valence-corrected chi connectivity index (χ2v) is 27.1. The Balaban J connectivity index is 1.17. The number of benzene rings is 6. The zero-order valence-corrected chi connectivity index (χ0v) is 64.2. The van der Waals surface area contributed by atoms with E-state index >= 15 is 14.4 Å². The van der Waals surface area contributed by atoms with Crippen LogP contribution < -0.4 is 31.9 Å². The SMILES string of the molecule is O=C(O)COCC(=O)N1CCN(C(=O)C(CCCNC(=O)OCc2ccccc2)CCCNC(=O)OCc2ccccc2)CCN(C(=O)C(CCCNC(=O)OCc2ccccc2)CCCNC(=O)OCc2ccccc2)CCN(C(=O)C(CCCNC(=O)OCc2ccccc2)CCCNC(=O)OCc2ccccc2)CC1. The molecule has 1 aliphatic heterocycles. The van der Waals surface area contributed by atoms with Gasteiger partial charge in [-0.2, -0.15) is 0 Å². The van der Waals surface area contributed by atoms with E-state index in [1.54, 1.807) is 14.7 Å². The van der Waals surface area contributed by atoms with E-state index in [0.717, 1.165) is 33.4 Å². The van der Waals surface area contributed by atoms with Crippen molar-refractivity contribution in [1.29, 1.82) is 0 Å². The summed E-state index contributed by atoms with van der Waals surface area (Å²) >= 11 is 0. The summed E-state index contributed by atoms with van der Waals surface area (Å²) in [7, 11) is 0. The molecule has 10 amide bonds. The van der Waals surface area contributed by atoms with Gasteiger partial charge in [-0.05, 0) is 110 Å². The van der Waals surface area contributed by atoms with Gasteiger partial charge in [-0.15, -0.1) is 0 Å². The van der Waals surface area contributed by atoms with Crippen molar-refractivity contribution in [3.8, 4) is 0 Å². The second kappa shape index (κ2) is 52.4. The Kier molecular flexibility index (Phi) is 41.0. The quantitative estimate of drug-likeness (QED) is 0.0138. The highest BCUT2D eigenvalue weighted by atomic mass is 16.6. The van der Waals surface area contributed by atoms with Gasteiger partial charge in [-0.25, -0.2) is 33.6 Å². The third kappa shape index (κ3) is 36.8. The van der Waals surface area contributed by atoms with Gasteiger partial charge < -0.3 is 89.8 Å². The van der Waals surface area contributed by atoms with Crippen molar-refractivity contribution in [2.75, 3.05) is 105 Å². The van der Waals surface area contributed by atoms with E-state index in [0.29, 0.717) is 38.5 Å². The number of carboxylic acid groups (broad SMARTS) is 1. The number of alkyl carbamates (subject to hydrolysis) is 6. The largest absolute Gasteiger partial charge is 0.480 e. The Morgan fingerprint density at radius 1 is 0.274 bits per heavy atom. The summed E-state index contributed by atoms with van der Waals surface area (Å²) < 4.78 is 38.2. The van der Waals surface area contributed by atoms with E-state index in [-0.39, 0.29) is 188 Å². The summed E-state index contributed by atoms with van der Waals surface area (Å²) in [6.45, 7) is -1.57. The van der Waals surface area contributed by atoms with E-state index in [9.17, 15) is 43.5 Å². The number of carbonyl (C=O) groups excluding carboxylic acids is 10. The Morgan fingerprint density at radius 2 is 0.460 bits per heavy atom. The predicted octanol–water partition coefficient (Wildman–Crippen LogP) is 10.5. The number of ether oxygens (including phenoxy) is 7. The van der Waals surface area contributed by atoms with Gasteiger partial charge in [0.15, 0.2) is 0 Å². The first-order chi connectivity index (χ1) is 55.0. The van der Waals surface area contributed by atoms with Crippen LogP contribution in [0.15, 0.2) is 182 Å². The van der Waals surface area contributed by atoms with Crippen molar-refractivity contribution in [2.24, 2.45) is 17.8 Å². The molecule has 0 radical (unpaired) electrons. The van der Waals surface area contributed by atoms with Gasteiger partial charge >= 0.3 is 42.5 Å². The second-order valence-electron chi connectivity index (χ2n) is 27.1. The van der Waals surface area contributed by atoms with Gasteiger partial charge in [0.2, 0.25) is 23.6 Å². The summed E-state index contributed by atoms with van der Waals surface area (Å²) in [6.07, 6.45) is -0.818. The van der Waals surface area contributed by atoms with Gasteiger partial charge in [-0.1, -0.05) is 182 Å². The van der Waals surface area contributed by atoms with Gasteiger partial charge in [0.1, 0.15) is 52.9 Å². The zero-order valence-electron chi connectivity index (χ0n) is 64.2. The standard InChI is InChI=1S/C84H108N10O19/c95-74(63-107-64-75(96)97)91-49-51-92(76(98)71(37-19-43-85-79(101)108-57-65-25-7-1-8-26-65)38-20-44-86-80(102)109-58-66-27-9-2-10-28-66)53-55-94(78(100)73(41-23-47-89-83(105)112-61-69-33-15-5-16-34-69)42-24-48-90-84(106)113-62-70-35-17-6-18-36-70)56-54-93(52-50-91)77(99)72(39-21-45-87-81(103)110-59-67-29-11-3-12-30-67)40-22-46-88-82(104)111-60-68-31-13-4-14-32-68/h1-18,25-36,71-73H,19-24,37-64H2,(H,85,101)(H,86,102)(H,87,103)(H,88,104)(H,89,105)(H,90,106)(H,96,97). The molecule has 6 aromatic carbocycles. The van der Waals surface area contributed by atoms with Gasteiger partial charge in [0.25, 0.3) is 0 Å². The normalized spacial score (nSPS) is 12.5. The van der Waals surface area contributed by atoms with Crippen LogP contribution in [-0.4, -0.2) is 196 Å². The van der Waals surface area contributed by atoms with Crippen molar-refractivity contribution in [2.45, 2.75) is 117 Å². The molecule has 0 unspecified atom stereocenters. The van der Waals surface area contributed by atoms with Crippen LogP contribution in [0.25, 0.3) is 0 Å². The highest BCUT2D eigenvalue weighted by molar-refractivity contribution is 5.82. The van der Waals surface area contributed by atoms with Crippen LogP contribution in [0.1, 0.15) is 110 Å². The van der Waals surface area contributed by atoms with E-state index in [1.165, 1.54) is 4.90 Å². The molecular formula is C84H108N10O19. The maximum absolute atomic E-state index is 15.8. The minimum absolute atomic E-state index is 0.0263.